The molecule has 0 fully saturated rings. The molecule has 1 aromatic carbocycles. The highest BCUT2D eigenvalue weighted by Crippen LogP contribution is 2.27. The van der Waals surface area contributed by atoms with Crippen LogP contribution in [0.25, 0.3) is 11.3 Å². The predicted molar refractivity (Wildman–Crippen MR) is 57.8 cm³/mol. The number of phenols is 1. The maximum absolute atomic E-state index is 11.2. The van der Waals surface area contributed by atoms with Crippen LogP contribution in [0.3, 0.4) is 0 Å². The zero-order chi connectivity index (χ0) is 10.8. The van der Waals surface area contributed by atoms with Crippen LogP contribution >= 0.6 is 0 Å². The van der Waals surface area contributed by atoms with Crippen molar-refractivity contribution in [3.05, 3.63) is 40.7 Å². The van der Waals surface area contributed by atoms with Crippen molar-refractivity contribution in [3.63, 3.8) is 0 Å². The molecule has 1 aromatic heterocycles. The number of aromatic amines is 1. The van der Waals surface area contributed by atoms with Gasteiger partial charge in [-0.05, 0) is 19.1 Å². The van der Waals surface area contributed by atoms with Crippen LogP contribution in [0.2, 0.25) is 0 Å². The van der Waals surface area contributed by atoms with Crippen molar-refractivity contribution in [2.45, 2.75) is 13.5 Å². The molecule has 1 heterocycles. The third-order valence-corrected chi connectivity index (χ3v) is 2.30. The third-order valence-electron chi connectivity index (χ3n) is 2.30. The maximum atomic E-state index is 11.2. The molecule has 0 spiro atoms. The molecule has 0 bridgehead atoms. The van der Waals surface area contributed by atoms with Crippen molar-refractivity contribution >= 4 is 0 Å². The largest absolute Gasteiger partial charge is 0.507 e. The van der Waals surface area contributed by atoms with Gasteiger partial charge in [0, 0.05) is 18.2 Å². The summed E-state index contributed by atoms with van der Waals surface area (Å²) in [6.45, 7) is 2.59. The van der Waals surface area contributed by atoms with Gasteiger partial charge in [-0.1, -0.05) is 12.1 Å². The highest BCUT2D eigenvalue weighted by Gasteiger charge is 2.08. The van der Waals surface area contributed by atoms with Crippen molar-refractivity contribution in [2.24, 2.45) is 0 Å². The summed E-state index contributed by atoms with van der Waals surface area (Å²) in [5.74, 6) is 0.179. The molecule has 15 heavy (non-hydrogen) atoms. The lowest BCUT2D eigenvalue weighted by Gasteiger charge is -2.06. The van der Waals surface area contributed by atoms with Gasteiger partial charge in [0.25, 0.3) is 5.56 Å². The van der Waals surface area contributed by atoms with Crippen LogP contribution in [0.15, 0.2) is 35.1 Å². The molecule has 2 N–H and O–H groups in total. The summed E-state index contributed by atoms with van der Waals surface area (Å²) in [6.07, 6.45) is 0. The minimum atomic E-state index is -0.157. The normalized spacial score (nSPS) is 10.5. The molecule has 0 unspecified atom stereocenters. The van der Waals surface area contributed by atoms with Gasteiger partial charge in [-0.3, -0.25) is 14.6 Å². The van der Waals surface area contributed by atoms with Gasteiger partial charge < -0.3 is 5.11 Å². The Morgan fingerprint density at radius 2 is 2.13 bits per heavy atom. The van der Waals surface area contributed by atoms with Gasteiger partial charge in [0.05, 0.1) is 5.69 Å². The van der Waals surface area contributed by atoms with Crippen molar-refractivity contribution in [1.29, 1.82) is 0 Å². The van der Waals surface area contributed by atoms with Crippen LogP contribution in [0.1, 0.15) is 6.92 Å². The van der Waals surface area contributed by atoms with E-state index in [1.807, 2.05) is 13.0 Å². The Bertz CT molecular complexity index is 525. The number of nitrogens with zero attached hydrogens (tertiary/aromatic N) is 1. The fraction of sp³-hybridized carbons (Fsp3) is 0.182. The number of phenolic OH excluding ortho intramolecular Hbond substituents is 1. The van der Waals surface area contributed by atoms with E-state index in [2.05, 4.69) is 5.10 Å². The van der Waals surface area contributed by atoms with E-state index in [-0.39, 0.29) is 11.3 Å². The smallest absolute Gasteiger partial charge is 0.264 e. The van der Waals surface area contributed by atoms with E-state index in [4.69, 9.17) is 0 Å². The second kappa shape index (κ2) is 3.65. The Morgan fingerprint density at radius 1 is 1.40 bits per heavy atom. The lowest BCUT2D eigenvalue weighted by Crippen LogP contribution is -2.04. The van der Waals surface area contributed by atoms with E-state index in [1.54, 1.807) is 22.9 Å². The monoisotopic (exact) mass is 204 g/mol. The number of aromatic nitrogens is 2. The molecule has 0 atom stereocenters. The Balaban J connectivity index is 2.63. The van der Waals surface area contributed by atoms with Crippen LogP contribution in [-0.4, -0.2) is 14.9 Å². The van der Waals surface area contributed by atoms with Crippen LogP contribution in [0, 0.1) is 0 Å². The highest BCUT2D eigenvalue weighted by molar-refractivity contribution is 5.66. The van der Waals surface area contributed by atoms with E-state index in [0.717, 1.165) is 0 Å². The second-order valence-corrected chi connectivity index (χ2v) is 3.27. The first-order valence-corrected chi connectivity index (χ1v) is 4.80. The van der Waals surface area contributed by atoms with Gasteiger partial charge in [0.2, 0.25) is 0 Å². The van der Waals surface area contributed by atoms with Crippen molar-refractivity contribution in [2.75, 3.05) is 0 Å². The fourth-order valence-electron chi connectivity index (χ4n) is 1.59. The van der Waals surface area contributed by atoms with E-state index < -0.39 is 0 Å². The Hall–Kier alpha value is -1.97. The number of hydrogen-bond acceptors (Lipinski definition) is 2. The first-order valence-electron chi connectivity index (χ1n) is 4.80. The quantitative estimate of drug-likeness (QED) is 0.780. The lowest BCUT2D eigenvalue weighted by molar-refractivity contribution is 0.476. The van der Waals surface area contributed by atoms with Crippen LogP contribution in [-0.2, 0) is 6.54 Å². The second-order valence-electron chi connectivity index (χ2n) is 3.27. The number of para-hydroxylation sites is 1. The molecular formula is C11H12N2O2. The van der Waals surface area contributed by atoms with E-state index in [9.17, 15) is 9.90 Å². The summed E-state index contributed by atoms with van der Waals surface area (Å²) in [7, 11) is 0. The number of nitrogens with one attached hydrogen (secondary N) is 1. The summed E-state index contributed by atoms with van der Waals surface area (Å²) in [6, 6.07) is 8.45. The zero-order valence-electron chi connectivity index (χ0n) is 8.40. The maximum Gasteiger partial charge on any atom is 0.264 e. The molecule has 4 heteroatoms. The van der Waals surface area contributed by atoms with E-state index in [0.29, 0.717) is 17.8 Å². The van der Waals surface area contributed by atoms with Crippen LogP contribution in [0.4, 0.5) is 0 Å². The number of benzene rings is 1. The Morgan fingerprint density at radius 3 is 2.80 bits per heavy atom. The number of rotatable bonds is 2. The standard InChI is InChI=1S/C11H12N2O2/c1-2-13-9(7-11(15)12-13)8-5-3-4-6-10(8)14/h3-7,14H,2H2,1H3,(H,12,15). The van der Waals surface area contributed by atoms with Gasteiger partial charge >= 0.3 is 0 Å². The molecule has 2 rings (SSSR count). The first-order chi connectivity index (χ1) is 7.22. The fourth-order valence-corrected chi connectivity index (χ4v) is 1.59. The van der Waals surface area contributed by atoms with Crippen LogP contribution < -0.4 is 5.56 Å². The minimum Gasteiger partial charge on any atom is -0.507 e. The number of aromatic hydroxyl groups is 1. The third kappa shape index (κ3) is 1.66. The van der Waals surface area contributed by atoms with Crippen molar-refractivity contribution < 1.29 is 5.11 Å². The van der Waals surface area contributed by atoms with Crippen molar-refractivity contribution in [3.8, 4) is 17.0 Å². The summed E-state index contributed by atoms with van der Waals surface area (Å²) >= 11 is 0. The average molecular weight is 204 g/mol. The SMILES string of the molecule is CCn1[nH]c(=O)cc1-c1ccccc1O. The Labute approximate surface area is 86.8 Å². The minimum absolute atomic E-state index is 0.157. The van der Waals surface area contributed by atoms with Gasteiger partial charge in [0.1, 0.15) is 5.75 Å². The Kier molecular flexibility index (Phi) is 2.33. The summed E-state index contributed by atoms with van der Waals surface area (Å²) in [5.41, 5.74) is 1.22. The van der Waals surface area contributed by atoms with Gasteiger partial charge in [-0.15, -0.1) is 0 Å². The number of H-pyrrole nitrogens is 1. The van der Waals surface area contributed by atoms with E-state index >= 15 is 0 Å². The molecular weight excluding hydrogens is 192 g/mol. The number of aryl methyl sites for hydroxylation is 1. The molecule has 0 saturated carbocycles. The summed E-state index contributed by atoms with van der Waals surface area (Å²) in [4.78, 5) is 11.2. The summed E-state index contributed by atoms with van der Waals surface area (Å²) in [5, 5.41) is 12.3. The molecule has 0 aliphatic rings. The average Bonchev–Trinajstić information content (AvgIpc) is 2.60. The molecule has 0 aliphatic heterocycles. The molecule has 2 aromatic rings. The number of hydrogen-bond donors (Lipinski definition) is 2. The summed E-state index contributed by atoms with van der Waals surface area (Å²) < 4.78 is 1.71. The predicted octanol–water partition coefficient (Wildman–Crippen LogP) is 1.57. The van der Waals surface area contributed by atoms with Gasteiger partial charge in [-0.25, -0.2) is 0 Å². The van der Waals surface area contributed by atoms with Gasteiger partial charge in [-0.2, -0.15) is 0 Å². The topological polar surface area (TPSA) is 58.0 Å². The molecule has 0 amide bonds. The first kappa shape index (κ1) is 9.58. The lowest BCUT2D eigenvalue weighted by atomic mass is 10.1. The van der Waals surface area contributed by atoms with Crippen LogP contribution in [0.5, 0.6) is 5.75 Å². The molecule has 0 saturated heterocycles. The molecule has 78 valence electrons. The molecule has 4 nitrogen and oxygen atoms in total. The van der Waals surface area contributed by atoms with E-state index in [1.165, 1.54) is 6.07 Å². The van der Waals surface area contributed by atoms with Crippen molar-refractivity contribution in [1.82, 2.24) is 9.78 Å². The zero-order valence-corrected chi connectivity index (χ0v) is 8.40. The molecule has 0 aliphatic carbocycles. The molecule has 0 radical (unpaired) electrons. The van der Waals surface area contributed by atoms with Gasteiger partial charge in [0.15, 0.2) is 0 Å². The highest BCUT2D eigenvalue weighted by atomic mass is 16.3.